The second-order valence-corrected chi connectivity index (χ2v) is 7.52. The van der Waals surface area contributed by atoms with Gasteiger partial charge in [0.25, 0.3) is 0 Å². The lowest BCUT2D eigenvalue weighted by molar-refractivity contribution is -0.135. The van der Waals surface area contributed by atoms with E-state index in [1.807, 2.05) is 5.38 Å². The molecule has 5 nitrogen and oxygen atoms in total. The molecule has 1 aromatic heterocycles. The summed E-state index contributed by atoms with van der Waals surface area (Å²) < 4.78 is 0. The maximum absolute atomic E-state index is 12.6. The number of thiazole rings is 1. The summed E-state index contributed by atoms with van der Waals surface area (Å²) in [7, 11) is 0. The summed E-state index contributed by atoms with van der Waals surface area (Å²) in [5.74, 6) is 0.509. The molecule has 0 aliphatic heterocycles. The smallest absolute Gasteiger partial charge is 0.245 e. The molecule has 0 aromatic carbocycles. The van der Waals surface area contributed by atoms with Gasteiger partial charge in [0.15, 0.2) is 5.13 Å². The fourth-order valence-electron chi connectivity index (χ4n) is 3.24. The quantitative estimate of drug-likeness (QED) is 0.682. The zero-order valence-electron chi connectivity index (χ0n) is 14.6. The summed E-state index contributed by atoms with van der Waals surface area (Å²) in [6, 6.07) is 0. The van der Waals surface area contributed by atoms with Crippen LogP contribution in [-0.4, -0.2) is 34.8 Å². The Labute approximate surface area is 148 Å². The van der Waals surface area contributed by atoms with E-state index in [2.05, 4.69) is 17.2 Å². The van der Waals surface area contributed by atoms with Crippen molar-refractivity contribution in [2.75, 3.05) is 18.4 Å². The van der Waals surface area contributed by atoms with Crippen LogP contribution in [0, 0.1) is 5.92 Å². The summed E-state index contributed by atoms with van der Waals surface area (Å²) in [4.78, 5) is 30.7. The number of hydrogen-bond donors (Lipinski definition) is 1. The molecule has 2 rings (SSSR count). The van der Waals surface area contributed by atoms with E-state index in [1.165, 1.54) is 43.4 Å². The van der Waals surface area contributed by atoms with E-state index in [1.54, 1.807) is 11.1 Å². The molecule has 1 saturated carbocycles. The zero-order valence-corrected chi connectivity index (χ0v) is 15.4. The Kier molecular flexibility index (Phi) is 8.22. The van der Waals surface area contributed by atoms with Crippen molar-refractivity contribution in [3.63, 3.8) is 0 Å². The van der Waals surface area contributed by atoms with Crippen molar-refractivity contribution in [2.24, 2.45) is 5.92 Å². The number of amides is 2. The van der Waals surface area contributed by atoms with Crippen molar-refractivity contribution in [1.29, 1.82) is 0 Å². The number of unbranched alkanes of at least 4 members (excludes halogenated alkanes) is 2. The highest BCUT2D eigenvalue weighted by Gasteiger charge is 2.22. The molecule has 1 aliphatic carbocycles. The molecule has 2 amide bonds. The maximum atomic E-state index is 12.6. The standard InChI is InChI=1S/C18H29N3O2S/c1-2-3-5-10-17(23)21(13-15-8-6-4-7-9-15)14-16(22)20-18-19-11-12-24-18/h11-12,15H,2-10,13-14H2,1H3,(H,19,20,22). The lowest BCUT2D eigenvalue weighted by atomic mass is 9.89. The topological polar surface area (TPSA) is 62.3 Å². The molecule has 0 atom stereocenters. The molecule has 0 saturated heterocycles. The zero-order chi connectivity index (χ0) is 17.2. The van der Waals surface area contributed by atoms with Crippen LogP contribution < -0.4 is 5.32 Å². The van der Waals surface area contributed by atoms with Crippen molar-refractivity contribution < 1.29 is 9.59 Å². The van der Waals surface area contributed by atoms with Gasteiger partial charge in [-0.05, 0) is 25.2 Å². The predicted octanol–water partition coefficient (Wildman–Crippen LogP) is 4.07. The molecular weight excluding hydrogens is 322 g/mol. The van der Waals surface area contributed by atoms with Gasteiger partial charge in [0.1, 0.15) is 0 Å². The minimum Gasteiger partial charge on any atom is -0.333 e. The van der Waals surface area contributed by atoms with Crippen molar-refractivity contribution in [2.45, 2.75) is 64.7 Å². The molecule has 0 bridgehead atoms. The van der Waals surface area contributed by atoms with E-state index in [-0.39, 0.29) is 18.4 Å². The molecule has 1 heterocycles. The van der Waals surface area contributed by atoms with Crippen LogP contribution in [0.3, 0.4) is 0 Å². The fourth-order valence-corrected chi connectivity index (χ4v) is 3.78. The minimum absolute atomic E-state index is 0.114. The van der Waals surface area contributed by atoms with E-state index in [9.17, 15) is 9.59 Å². The highest BCUT2D eigenvalue weighted by molar-refractivity contribution is 7.13. The van der Waals surface area contributed by atoms with Crippen molar-refractivity contribution in [3.8, 4) is 0 Å². The predicted molar refractivity (Wildman–Crippen MR) is 98.0 cm³/mol. The molecule has 1 aliphatic rings. The van der Waals surface area contributed by atoms with Crippen LogP contribution in [0.5, 0.6) is 0 Å². The van der Waals surface area contributed by atoms with E-state index < -0.39 is 0 Å². The minimum atomic E-state index is -0.149. The van der Waals surface area contributed by atoms with Gasteiger partial charge in [-0.2, -0.15) is 0 Å². The Bertz CT molecular complexity index is 498. The van der Waals surface area contributed by atoms with Gasteiger partial charge in [-0.3, -0.25) is 9.59 Å². The first-order valence-electron chi connectivity index (χ1n) is 9.16. The van der Waals surface area contributed by atoms with E-state index >= 15 is 0 Å². The lowest BCUT2D eigenvalue weighted by Gasteiger charge is -2.29. The van der Waals surface area contributed by atoms with Crippen LogP contribution in [0.15, 0.2) is 11.6 Å². The molecule has 1 aromatic rings. The maximum Gasteiger partial charge on any atom is 0.245 e. The molecule has 134 valence electrons. The Morgan fingerprint density at radius 1 is 1.29 bits per heavy atom. The van der Waals surface area contributed by atoms with Crippen LogP contribution in [0.2, 0.25) is 0 Å². The number of hydrogen-bond acceptors (Lipinski definition) is 4. The van der Waals surface area contributed by atoms with Gasteiger partial charge >= 0.3 is 0 Å². The molecule has 0 radical (unpaired) electrons. The summed E-state index contributed by atoms with van der Waals surface area (Å²) in [5, 5.41) is 5.20. The van der Waals surface area contributed by atoms with E-state index in [4.69, 9.17) is 0 Å². The average Bonchev–Trinajstić information content (AvgIpc) is 3.08. The second-order valence-electron chi connectivity index (χ2n) is 6.62. The fraction of sp³-hybridized carbons (Fsp3) is 0.722. The van der Waals surface area contributed by atoms with Crippen molar-refractivity contribution in [1.82, 2.24) is 9.88 Å². The average molecular weight is 352 g/mol. The Balaban J connectivity index is 1.89. The molecule has 6 heteroatoms. The molecule has 0 spiro atoms. The largest absolute Gasteiger partial charge is 0.333 e. The third kappa shape index (κ3) is 6.59. The van der Waals surface area contributed by atoms with Gasteiger partial charge < -0.3 is 10.2 Å². The normalized spacial score (nSPS) is 15.2. The van der Waals surface area contributed by atoms with E-state index in [0.29, 0.717) is 17.5 Å². The highest BCUT2D eigenvalue weighted by Crippen LogP contribution is 2.24. The SMILES string of the molecule is CCCCCC(=O)N(CC(=O)Nc1nccs1)CC1CCCCC1. The number of rotatable bonds is 9. The van der Waals surface area contributed by atoms with Crippen LogP contribution in [0.25, 0.3) is 0 Å². The molecule has 24 heavy (non-hydrogen) atoms. The summed E-state index contributed by atoms with van der Waals surface area (Å²) in [6.45, 7) is 2.99. The van der Waals surface area contributed by atoms with Crippen molar-refractivity contribution in [3.05, 3.63) is 11.6 Å². The third-order valence-corrected chi connectivity index (χ3v) is 5.25. The number of carbonyl (C=O) groups excluding carboxylic acids is 2. The van der Waals surface area contributed by atoms with E-state index in [0.717, 1.165) is 25.8 Å². The summed E-state index contributed by atoms with van der Waals surface area (Å²) >= 11 is 1.39. The van der Waals surface area contributed by atoms with Gasteiger partial charge in [0.05, 0.1) is 6.54 Å². The van der Waals surface area contributed by atoms with Crippen LogP contribution in [0.4, 0.5) is 5.13 Å². The van der Waals surface area contributed by atoms with Gasteiger partial charge in [-0.15, -0.1) is 11.3 Å². The highest BCUT2D eigenvalue weighted by atomic mass is 32.1. The number of carbonyl (C=O) groups is 2. The molecule has 0 unspecified atom stereocenters. The monoisotopic (exact) mass is 351 g/mol. The first-order chi connectivity index (χ1) is 11.7. The Hall–Kier alpha value is -1.43. The van der Waals surface area contributed by atoms with Gasteiger partial charge in [-0.1, -0.05) is 39.0 Å². The number of anilines is 1. The molecular formula is C18H29N3O2S. The first-order valence-corrected chi connectivity index (χ1v) is 10.0. The third-order valence-electron chi connectivity index (χ3n) is 4.56. The summed E-state index contributed by atoms with van der Waals surface area (Å²) in [5.41, 5.74) is 0. The van der Waals surface area contributed by atoms with Gasteiger partial charge in [-0.25, -0.2) is 4.98 Å². The second kappa shape index (κ2) is 10.4. The van der Waals surface area contributed by atoms with Crippen LogP contribution in [0.1, 0.15) is 64.7 Å². The molecule has 1 fully saturated rings. The van der Waals surface area contributed by atoms with Gasteiger partial charge in [0.2, 0.25) is 11.8 Å². The van der Waals surface area contributed by atoms with Crippen molar-refractivity contribution >= 4 is 28.3 Å². The lowest BCUT2D eigenvalue weighted by Crippen LogP contribution is -2.41. The number of nitrogens with zero attached hydrogens (tertiary/aromatic N) is 2. The molecule has 1 N–H and O–H groups in total. The Morgan fingerprint density at radius 2 is 2.08 bits per heavy atom. The first kappa shape index (κ1) is 18.9. The number of aromatic nitrogens is 1. The Morgan fingerprint density at radius 3 is 2.75 bits per heavy atom. The van der Waals surface area contributed by atoms with Crippen LogP contribution >= 0.6 is 11.3 Å². The summed E-state index contributed by atoms with van der Waals surface area (Å²) in [6.07, 6.45) is 11.4. The number of nitrogens with one attached hydrogen (secondary N) is 1. The van der Waals surface area contributed by atoms with Crippen LogP contribution in [-0.2, 0) is 9.59 Å². The van der Waals surface area contributed by atoms with Gasteiger partial charge in [0, 0.05) is 24.5 Å².